The lowest BCUT2D eigenvalue weighted by Crippen LogP contribution is -2.15. The second-order valence-corrected chi connectivity index (χ2v) is 4.13. The third-order valence-corrected chi connectivity index (χ3v) is 2.56. The van der Waals surface area contributed by atoms with Crippen molar-refractivity contribution in [1.82, 2.24) is 9.97 Å². The molecule has 0 saturated heterocycles. The maximum atomic E-state index is 11.9. The summed E-state index contributed by atoms with van der Waals surface area (Å²) in [6.07, 6.45) is 2.97. The Morgan fingerprint density at radius 3 is 2.74 bits per heavy atom. The summed E-state index contributed by atoms with van der Waals surface area (Å²) in [5, 5.41) is 2.56. The monoisotopic (exact) mass is 274 g/mol. The first-order chi connectivity index (χ1) is 9.06. The predicted molar refractivity (Wildman–Crippen MR) is 72.3 cm³/mol. The Morgan fingerprint density at radius 2 is 2.05 bits per heavy atom. The van der Waals surface area contributed by atoms with Gasteiger partial charge in [-0.25, -0.2) is 4.98 Å². The number of H-pyrrole nitrogens is 1. The fourth-order valence-electron chi connectivity index (χ4n) is 1.43. The van der Waals surface area contributed by atoms with E-state index in [1.807, 2.05) is 0 Å². The smallest absolute Gasteiger partial charge is 0.256 e. The van der Waals surface area contributed by atoms with Crippen molar-refractivity contribution < 1.29 is 9.59 Å². The second kappa shape index (κ2) is 5.40. The molecule has 0 unspecified atom stereocenters. The SMILES string of the molecule is NC(=O)c1ccnc(NC(=O)c2cc[nH]c(=S)c2)c1. The van der Waals surface area contributed by atoms with Crippen LogP contribution in [0.15, 0.2) is 36.7 Å². The van der Waals surface area contributed by atoms with Gasteiger partial charge in [0.05, 0.1) is 0 Å². The van der Waals surface area contributed by atoms with Crippen LogP contribution in [-0.4, -0.2) is 21.8 Å². The highest BCUT2D eigenvalue weighted by Gasteiger charge is 2.08. The summed E-state index contributed by atoms with van der Waals surface area (Å²) in [7, 11) is 0. The van der Waals surface area contributed by atoms with E-state index in [4.69, 9.17) is 18.0 Å². The molecule has 0 fully saturated rings. The third-order valence-electron chi connectivity index (χ3n) is 2.32. The van der Waals surface area contributed by atoms with Crippen molar-refractivity contribution in [2.24, 2.45) is 5.73 Å². The van der Waals surface area contributed by atoms with Gasteiger partial charge in [0.15, 0.2) is 0 Å². The maximum Gasteiger partial charge on any atom is 0.256 e. The molecule has 0 aliphatic carbocycles. The van der Waals surface area contributed by atoms with Crippen LogP contribution in [-0.2, 0) is 0 Å². The summed E-state index contributed by atoms with van der Waals surface area (Å²) in [6.45, 7) is 0. The highest BCUT2D eigenvalue weighted by atomic mass is 32.1. The lowest BCUT2D eigenvalue weighted by molar-refractivity contribution is 0.0996. The van der Waals surface area contributed by atoms with Gasteiger partial charge in [0, 0.05) is 23.5 Å². The van der Waals surface area contributed by atoms with Gasteiger partial charge in [0.25, 0.3) is 5.91 Å². The van der Waals surface area contributed by atoms with Gasteiger partial charge in [-0.2, -0.15) is 0 Å². The van der Waals surface area contributed by atoms with Crippen LogP contribution in [0.4, 0.5) is 5.82 Å². The molecule has 0 aliphatic heterocycles. The summed E-state index contributed by atoms with van der Waals surface area (Å²) in [5.74, 6) is -0.700. The van der Waals surface area contributed by atoms with Gasteiger partial charge in [0.1, 0.15) is 10.5 Å². The van der Waals surface area contributed by atoms with Crippen LogP contribution < -0.4 is 11.1 Å². The minimum Gasteiger partial charge on any atom is -0.366 e. The number of nitrogens with one attached hydrogen (secondary N) is 2. The van der Waals surface area contributed by atoms with Crippen molar-refractivity contribution in [2.45, 2.75) is 0 Å². The number of nitrogens with zero attached hydrogens (tertiary/aromatic N) is 1. The van der Waals surface area contributed by atoms with E-state index in [0.29, 0.717) is 10.2 Å². The predicted octanol–water partition coefficient (Wildman–Crippen LogP) is 1.49. The summed E-state index contributed by atoms with van der Waals surface area (Å²) >= 11 is 4.93. The Bertz CT molecular complexity index is 696. The molecule has 19 heavy (non-hydrogen) atoms. The first kappa shape index (κ1) is 12.9. The Hall–Kier alpha value is -2.54. The van der Waals surface area contributed by atoms with Gasteiger partial charge in [-0.1, -0.05) is 12.2 Å². The number of anilines is 1. The van der Waals surface area contributed by atoms with Gasteiger partial charge in [-0.3, -0.25) is 9.59 Å². The lowest BCUT2D eigenvalue weighted by atomic mass is 10.2. The number of pyridine rings is 2. The van der Waals surface area contributed by atoms with Crippen LogP contribution in [0, 0.1) is 4.64 Å². The minimum absolute atomic E-state index is 0.250. The first-order valence-electron chi connectivity index (χ1n) is 5.32. The number of rotatable bonds is 3. The fraction of sp³-hybridized carbons (Fsp3) is 0. The third kappa shape index (κ3) is 3.23. The Labute approximate surface area is 113 Å². The summed E-state index contributed by atoms with van der Waals surface area (Å²) in [6, 6.07) is 5.99. The quantitative estimate of drug-likeness (QED) is 0.738. The van der Waals surface area contributed by atoms with Crippen molar-refractivity contribution in [3.63, 3.8) is 0 Å². The largest absolute Gasteiger partial charge is 0.366 e. The van der Waals surface area contributed by atoms with E-state index < -0.39 is 5.91 Å². The minimum atomic E-state index is -0.583. The highest BCUT2D eigenvalue weighted by molar-refractivity contribution is 7.71. The van der Waals surface area contributed by atoms with E-state index in [1.165, 1.54) is 24.4 Å². The molecule has 2 heterocycles. The number of amides is 2. The number of carbonyl (C=O) groups excluding carboxylic acids is 2. The standard InChI is InChI=1S/C12H10N4O2S/c13-11(17)7-1-3-14-9(5-7)16-12(18)8-2-4-15-10(19)6-8/h1-6H,(H2,13,17)(H,15,19)(H,14,16,18). The van der Waals surface area contributed by atoms with E-state index in [2.05, 4.69) is 15.3 Å². The summed E-state index contributed by atoms with van der Waals surface area (Å²) < 4.78 is 0.450. The molecule has 0 saturated carbocycles. The average molecular weight is 274 g/mol. The van der Waals surface area contributed by atoms with Crippen molar-refractivity contribution in [3.8, 4) is 0 Å². The van der Waals surface area contributed by atoms with Crippen molar-refractivity contribution in [2.75, 3.05) is 5.32 Å². The molecule has 0 aromatic carbocycles. The normalized spacial score (nSPS) is 9.89. The zero-order valence-corrected chi connectivity index (χ0v) is 10.5. The van der Waals surface area contributed by atoms with E-state index in [0.717, 1.165) is 0 Å². The lowest BCUT2D eigenvalue weighted by Gasteiger charge is -2.05. The van der Waals surface area contributed by atoms with Crippen LogP contribution in [0.2, 0.25) is 0 Å². The number of aromatic nitrogens is 2. The van der Waals surface area contributed by atoms with Crippen LogP contribution in [0.1, 0.15) is 20.7 Å². The number of aromatic amines is 1. The van der Waals surface area contributed by atoms with Gasteiger partial charge in [-0.15, -0.1) is 0 Å². The average Bonchev–Trinajstić information content (AvgIpc) is 2.39. The molecule has 96 valence electrons. The van der Waals surface area contributed by atoms with Crippen molar-refractivity contribution in [3.05, 3.63) is 52.4 Å². The molecule has 6 nitrogen and oxygen atoms in total. The molecule has 0 bridgehead atoms. The number of carbonyl (C=O) groups is 2. The van der Waals surface area contributed by atoms with Gasteiger partial charge >= 0.3 is 0 Å². The summed E-state index contributed by atoms with van der Waals surface area (Å²) in [5.41, 5.74) is 5.82. The van der Waals surface area contributed by atoms with Crippen LogP contribution in [0.3, 0.4) is 0 Å². The van der Waals surface area contributed by atoms with Crippen LogP contribution in [0.5, 0.6) is 0 Å². The molecule has 2 rings (SSSR count). The molecule has 0 spiro atoms. The molecule has 2 aromatic heterocycles. The zero-order valence-electron chi connectivity index (χ0n) is 9.71. The Balaban J connectivity index is 2.22. The van der Waals surface area contributed by atoms with E-state index in [-0.39, 0.29) is 17.3 Å². The molecule has 0 atom stereocenters. The Morgan fingerprint density at radius 1 is 1.26 bits per heavy atom. The number of nitrogens with two attached hydrogens (primary N) is 1. The number of primary amides is 1. The molecule has 0 radical (unpaired) electrons. The molecule has 4 N–H and O–H groups in total. The topological polar surface area (TPSA) is 101 Å². The fourth-order valence-corrected chi connectivity index (χ4v) is 1.62. The summed E-state index contributed by atoms with van der Waals surface area (Å²) in [4.78, 5) is 29.6. The van der Waals surface area contributed by atoms with Crippen molar-refractivity contribution >= 4 is 29.9 Å². The van der Waals surface area contributed by atoms with E-state index in [9.17, 15) is 9.59 Å². The van der Waals surface area contributed by atoms with E-state index in [1.54, 1.807) is 12.3 Å². The van der Waals surface area contributed by atoms with Gasteiger partial charge < -0.3 is 16.0 Å². The molecule has 0 aliphatic rings. The molecular weight excluding hydrogens is 264 g/mol. The van der Waals surface area contributed by atoms with Gasteiger partial charge in [-0.05, 0) is 24.3 Å². The highest BCUT2D eigenvalue weighted by Crippen LogP contribution is 2.08. The van der Waals surface area contributed by atoms with Crippen LogP contribution in [0.25, 0.3) is 0 Å². The molecule has 2 aromatic rings. The van der Waals surface area contributed by atoms with E-state index >= 15 is 0 Å². The molecular formula is C12H10N4O2S. The number of hydrogen-bond donors (Lipinski definition) is 3. The Kier molecular flexibility index (Phi) is 3.67. The molecule has 7 heteroatoms. The zero-order chi connectivity index (χ0) is 13.8. The second-order valence-electron chi connectivity index (χ2n) is 3.69. The van der Waals surface area contributed by atoms with Crippen molar-refractivity contribution in [1.29, 1.82) is 0 Å². The first-order valence-corrected chi connectivity index (χ1v) is 5.73. The van der Waals surface area contributed by atoms with Gasteiger partial charge in [0.2, 0.25) is 5.91 Å². The maximum absolute atomic E-state index is 11.9. The number of hydrogen-bond acceptors (Lipinski definition) is 4. The molecule has 2 amide bonds. The van der Waals surface area contributed by atoms with Crippen LogP contribution >= 0.6 is 12.2 Å².